The van der Waals surface area contributed by atoms with E-state index in [1.807, 2.05) is 39.2 Å². The summed E-state index contributed by atoms with van der Waals surface area (Å²) >= 11 is 0. The van der Waals surface area contributed by atoms with Crippen LogP contribution in [0.15, 0.2) is 48.8 Å². The Bertz CT molecular complexity index is 1010. The molecule has 0 spiro atoms. The van der Waals surface area contributed by atoms with Gasteiger partial charge in [0.1, 0.15) is 0 Å². The largest absolute Gasteiger partial charge is 0.334 e. The van der Waals surface area contributed by atoms with E-state index in [2.05, 4.69) is 57.9 Å². The van der Waals surface area contributed by atoms with Crippen molar-refractivity contribution in [2.24, 2.45) is 0 Å². The van der Waals surface area contributed by atoms with Gasteiger partial charge in [0.05, 0.1) is 11.4 Å². The molecule has 150 valence electrons. The predicted octanol–water partition coefficient (Wildman–Crippen LogP) is 4.88. The van der Waals surface area contributed by atoms with Crippen LogP contribution in [0.25, 0.3) is 0 Å². The highest BCUT2D eigenvalue weighted by Crippen LogP contribution is 2.17. The lowest BCUT2D eigenvalue weighted by Crippen LogP contribution is -2.28. The standard InChI is InChI=1S/C24H28N4O/c1-5-22-23(10-16(2)14-26-22)28-24(29)27-15-20-6-7-21(17(3)11-20)13-19-8-9-25-18(4)12-19/h6-12,14H,5,13,15H2,1-4H3,(H2,27,28,29). The maximum atomic E-state index is 12.3. The second kappa shape index (κ2) is 9.32. The van der Waals surface area contributed by atoms with Crippen LogP contribution in [0.4, 0.5) is 10.5 Å². The molecule has 0 aliphatic carbocycles. The van der Waals surface area contributed by atoms with Crippen molar-refractivity contribution in [3.05, 3.63) is 88.0 Å². The summed E-state index contributed by atoms with van der Waals surface area (Å²) in [6.07, 6.45) is 5.32. The molecule has 2 aromatic heterocycles. The van der Waals surface area contributed by atoms with Crippen molar-refractivity contribution in [1.29, 1.82) is 0 Å². The number of benzene rings is 1. The van der Waals surface area contributed by atoms with Gasteiger partial charge < -0.3 is 10.6 Å². The van der Waals surface area contributed by atoms with Crippen LogP contribution in [-0.2, 0) is 19.4 Å². The van der Waals surface area contributed by atoms with Crippen molar-refractivity contribution in [3.8, 4) is 0 Å². The van der Waals surface area contributed by atoms with E-state index in [0.29, 0.717) is 6.54 Å². The third-order valence-corrected chi connectivity index (χ3v) is 4.91. The van der Waals surface area contributed by atoms with Crippen LogP contribution < -0.4 is 10.6 Å². The number of nitrogens with zero attached hydrogens (tertiary/aromatic N) is 2. The molecule has 5 nitrogen and oxygen atoms in total. The molecule has 0 radical (unpaired) electrons. The van der Waals surface area contributed by atoms with Gasteiger partial charge >= 0.3 is 6.03 Å². The molecule has 0 aliphatic rings. The summed E-state index contributed by atoms with van der Waals surface area (Å²) in [6.45, 7) is 8.58. The third-order valence-electron chi connectivity index (χ3n) is 4.91. The molecule has 0 saturated carbocycles. The maximum Gasteiger partial charge on any atom is 0.319 e. The van der Waals surface area contributed by atoms with Crippen LogP contribution in [0, 0.1) is 20.8 Å². The van der Waals surface area contributed by atoms with E-state index in [1.54, 1.807) is 0 Å². The molecule has 3 rings (SSSR count). The molecule has 0 atom stereocenters. The number of anilines is 1. The van der Waals surface area contributed by atoms with E-state index < -0.39 is 0 Å². The van der Waals surface area contributed by atoms with Crippen molar-refractivity contribution < 1.29 is 4.79 Å². The lowest BCUT2D eigenvalue weighted by Gasteiger charge is -2.12. The molecule has 0 bridgehead atoms. The fourth-order valence-corrected chi connectivity index (χ4v) is 3.34. The molecule has 5 heteroatoms. The van der Waals surface area contributed by atoms with E-state index in [-0.39, 0.29) is 6.03 Å². The molecule has 2 N–H and O–H groups in total. The molecule has 3 aromatic rings. The summed E-state index contributed by atoms with van der Waals surface area (Å²) in [5, 5.41) is 5.85. The SMILES string of the molecule is CCc1ncc(C)cc1NC(=O)NCc1ccc(Cc2ccnc(C)c2)c(C)c1. The van der Waals surface area contributed by atoms with Gasteiger partial charge in [-0.25, -0.2) is 4.79 Å². The van der Waals surface area contributed by atoms with Crippen molar-refractivity contribution in [2.75, 3.05) is 5.32 Å². The van der Waals surface area contributed by atoms with Crippen molar-refractivity contribution >= 4 is 11.7 Å². The first-order chi connectivity index (χ1) is 13.9. The van der Waals surface area contributed by atoms with E-state index in [9.17, 15) is 4.79 Å². The third kappa shape index (κ3) is 5.64. The molecule has 29 heavy (non-hydrogen) atoms. The Kier molecular flexibility index (Phi) is 6.60. The zero-order valence-electron chi connectivity index (χ0n) is 17.5. The van der Waals surface area contributed by atoms with E-state index >= 15 is 0 Å². The number of hydrogen-bond acceptors (Lipinski definition) is 3. The summed E-state index contributed by atoms with van der Waals surface area (Å²) in [7, 11) is 0. The smallest absolute Gasteiger partial charge is 0.319 e. The Labute approximate surface area is 172 Å². The van der Waals surface area contributed by atoms with Gasteiger partial charge in [-0.1, -0.05) is 25.1 Å². The predicted molar refractivity (Wildman–Crippen MR) is 117 cm³/mol. The van der Waals surface area contributed by atoms with Gasteiger partial charge in [-0.2, -0.15) is 0 Å². The lowest BCUT2D eigenvalue weighted by atomic mass is 9.99. The van der Waals surface area contributed by atoms with Crippen LogP contribution in [0.5, 0.6) is 0 Å². The van der Waals surface area contributed by atoms with Crippen LogP contribution in [0.1, 0.15) is 46.1 Å². The maximum absolute atomic E-state index is 12.3. The van der Waals surface area contributed by atoms with Gasteiger partial charge in [0, 0.05) is 24.6 Å². The number of hydrogen-bond donors (Lipinski definition) is 2. The molecule has 0 aliphatic heterocycles. The average Bonchev–Trinajstić information content (AvgIpc) is 2.68. The fourth-order valence-electron chi connectivity index (χ4n) is 3.34. The number of carbonyl (C=O) groups is 1. The number of rotatable bonds is 6. The minimum absolute atomic E-state index is 0.221. The molecular formula is C24H28N4O. The Balaban J connectivity index is 1.60. The first-order valence-electron chi connectivity index (χ1n) is 9.95. The van der Waals surface area contributed by atoms with E-state index in [0.717, 1.165) is 41.0 Å². The number of carbonyl (C=O) groups excluding carboxylic acids is 1. The zero-order chi connectivity index (χ0) is 20.8. The van der Waals surface area contributed by atoms with Crippen LogP contribution >= 0.6 is 0 Å². The topological polar surface area (TPSA) is 66.9 Å². The second-order valence-electron chi connectivity index (χ2n) is 7.41. The van der Waals surface area contributed by atoms with Gasteiger partial charge in [-0.05, 0) is 79.6 Å². The number of aryl methyl sites for hydroxylation is 4. The number of pyridine rings is 2. The molecule has 2 heterocycles. The Morgan fingerprint density at radius 2 is 1.83 bits per heavy atom. The van der Waals surface area contributed by atoms with Gasteiger partial charge in [-0.15, -0.1) is 0 Å². The number of nitrogens with one attached hydrogen (secondary N) is 2. The molecule has 0 unspecified atom stereocenters. The first kappa shape index (κ1) is 20.5. The second-order valence-corrected chi connectivity index (χ2v) is 7.41. The Morgan fingerprint density at radius 1 is 1.00 bits per heavy atom. The highest BCUT2D eigenvalue weighted by molar-refractivity contribution is 5.89. The Hall–Kier alpha value is -3.21. The summed E-state index contributed by atoms with van der Waals surface area (Å²) < 4.78 is 0. The van der Waals surface area contributed by atoms with Crippen molar-refractivity contribution in [3.63, 3.8) is 0 Å². The van der Waals surface area contributed by atoms with Gasteiger partial charge in [-0.3, -0.25) is 9.97 Å². The van der Waals surface area contributed by atoms with Crippen molar-refractivity contribution in [1.82, 2.24) is 15.3 Å². The van der Waals surface area contributed by atoms with E-state index in [4.69, 9.17) is 0 Å². The molecule has 0 fully saturated rings. The molecule has 1 aromatic carbocycles. The van der Waals surface area contributed by atoms with Crippen LogP contribution in [0.3, 0.4) is 0 Å². The fraction of sp³-hybridized carbons (Fsp3) is 0.292. The minimum Gasteiger partial charge on any atom is -0.334 e. The monoisotopic (exact) mass is 388 g/mol. The number of urea groups is 1. The molecular weight excluding hydrogens is 360 g/mol. The summed E-state index contributed by atoms with van der Waals surface area (Å²) in [4.78, 5) is 21.0. The zero-order valence-corrected chi connectivity index (χ0v) is 17.5. The molecule has 0 saturated heterocycles. The Morgan fingerprint density at radius 3 is 2.55 bits per heavy atom. The number of amides is 2. The highest BCUT2D eigenvalue weighted by Gasteiger charge is 2.08. The van der Waals surface area contributed by atoms with Gasteiger partial charge in [0.2, 0.25) is 0 Å². The van der Waals surface area contributed by atoms with Gasteiger partial charge in [0.15, 0.2) is 0 Å². The quantitative estimate of drug-likeness (QED) is 0.633. The summed E-state index contributed by atoms with van der Waals surface area (Å²) in [5.41, 5.74) is 8.53. The van der Waals surface area contributed by atoms with Crippen LogP contribution in [-0.4, -0.2) is 16.0 Å². The van der Waals surface area contributed by atoms with Crippen LogP contribution in [0.2, 0.25) is 0 Å². The minimum atomic E-state index is -0.221. The summed E-state index contributed by atoms with van der Waals surface area (Å²) in [5.74, 6) is 0. The average molecular weight is 389 g/mol. The summed E-state index contributed by atoms with van der Waals surface area (Å²) in [6, 6.07) is 12.2. The highest BCUT2D eigenvalue weighted by atomic mass is 16.2. The first-order valence-corrected chi connectivity index (χ1v) is 9.95. The van der Waals surface area contributed by atoms with Gasteiger partial charge in [0.25, 0.3) is 0 Å². The van der Waals surface area contributed by atoms with E-state index in [1.165, 1.54) is 16.7 Å². The molecule has 2 amide bonds. The lowest BCUT2D eigenvalue weighted by molar-refractivity contribution is 0.251. The number of aromatic nitrogens is 2. The van der Waals surface area contributed by atoms with Crippen molar-refractivity contribution in [2.45, 2.75) is 47.1 Å². The normalized spacial score (nSPS) is 10.6.